The average Bonchev–Trinajstić information content (AvgIpc) is 2.60. The molecule has 0 N–H and O–H groups in total. The van der Waals surface area contributed by atoms with Crippen molar-refractivity contribution < 1.29 is 8.42 Å². The van der Waals surface area contributed by atoms with E-state index in [2.05, 4.69) is 36.9 Å². The first-order valence-electron chi connectivity index (χ1n) is 8.79. The van der Waals surface area contributed by atoms with Crippen molar-refractivity contribution in [1.29, 1.82) is 0 Å². The number of piperazine rings is 1. The molecule has 0 radical (unpaired) electrons. The minimum Gasteiger partial charge on any atom is -0.369 e. The molecule has 1 aliphatic heterocycles. The summed E-state index contributed by atoms with van der Waals surface area (Å²) in [7, 11) is -3.20. The quantitative estimate of drug-likeness (QED) is 0.825. The van der Waals surface area contributed by atoms with E-state index >= 15 is 0 Å². The van der Waals surface area contributed by atoms with Crippen molar-refractivity contribution in [2.24, 2.45) is 0 Å². The smallest absolute Gasteiger partial charge is 0.214 e. The number of hydrogen-bond acceptors (Lipinski definition) is 3. The molecule has 0 spiro atoms. The third kappa shape index (κ3) is 4.61. The molecule has 0 unspecified atom stereocenters. The topological polar surface area (TPSA) is 40.6 Å². The lowest BCUT2D eigenvalue weighted by atomic mass is 10.1. The van der Waals surface area contributed by atoms with Crippen LogP contribution in [0.5, 0.6) is 0 Å². The van der Waals surface area contributed by atoms with E-state index < -0.39 is 10.0 Å². The molecular weight excluding hydrogens is 332 g/mol. The molecule has 25 heavy (non-hydrogen) atoms. The van der Waals surface area contributed by atoms with E-state index in [1.54, 1.807) is 4.31 Å². The molecule has 0 aromatic heterocycles. The first kappa shape index (κ1) is 18.0. The summed E-state index contributed by atoms with van der Waals surface area (Å²) in [6.07, 6.45) is 0.570. The molecule has 1 fully saturated rings. The summed E-state index contributed by atoms with van der Waals surface area (Å²) < 4.78 is 26.9. The lowest BCUT2D eigenvalue weighted by molar-refractivity contribution is 0.385. The number of rotatable bonds is 5. The summed E-state index contributed by atoms with van der Waals surface area (Å²) in [5, 5.41) is 0. The maximum absolute atomic E-state index is 12.6. The Hall–Kier alpha value is -1.85. The molecule has 0 amide bonds. The summed E-state index contributed by atoms with van der Waals surface area (Å²) in [4.78, 5) is 2.28. The fourth-order valence-electron chi connectivity index (χ4n) is 3.38. The van der Waals surface area contributed by atoms with Gasteiger partial charge in [-0.25, -0.2) is 8.42 Å². The minimum atomic E-state index is -3.20. The van der Waals surface area contributed by atoms with Crippen molar-refractivity contribution in [1.82, 2.24) is 4.31 Å². The second-order valence-electron chi connectivity index (χ2n) is 6.78. The predicted octanol–water partition coefficient (Wildman–Crippen LogP) is 3.00. The van der Waals surface area contributed by atoms with Crippen LogP contribution >= 0.6 is 0 Å². The van der Waals surface area contributed by atoms with Gasteiger partial charge in [0.1, 0.15) is 0 Å². The standard InChI is InChI=1S/C20H26N2O2S/c1-17-14-18(2)16-20(15-17)21-9-11-22(12-10-21)25(23,24)13-8-19-6-4-3-5-7-19/h3-7,14-16H,8-13H2,1-2H3. The second kappa shape index (κ2) is 7.58. The van der Waals surface area contributed by atoms with Crippen LogP contribution in [-0.4, -0.2) is 44.7 Å². The number of nitrogens with zero attached hydrogens (tertiary/aromatic N) is 2. The molecule has 0 saturated carbocycles. The molecule has 4 nitrogen and oxygen atoms in total. The Balaban J connectivity index is 1.59. The van der Waals surface area contributed by atoms with E-state index in [0.717, 1.165) is 18.7 Å². The number of hydrogen-bond donors (Lipinski definition) is 0. The van der Waals surface area contributed by atoms with Gasteiger partial charge in [-0.1, -0.05) is 36.4 Å². The monoisotopic (exact) mass is 358 g/mol. The maximum atomic E-state index is 12.6. The van der Waals surface area contributed by atoms with Gasteiger partial charge in [0, 0.05) is 31.9 Å². The van der Waals surface area contributed by atoms with Gasteiger partial charge in [0.05, 0.1) is 5.75 Å². The summed E-state index contributed by atoms with van der Waals surface area (Å²) in [6, 6.07) is 16.3. The van der Waals surface area contributed by atoms with Crippen molar-refractivity contribution in [2.45, 2.75) is 20.3 Å². The normalized spacial score (nSPS) is 16.2. The fraction of sp³-hybridized carbons (Fsp3) is 0.400. The molecule has 1 aliphatic rings. The van der Waals surface area contributed by atoms with Crippen LogP contribution in [-0.2, 0) is 16.4 Å². The van der Waals surface area contributed by atoms with Gasteiger partial charge in [-0.3, -0.25) is 0 Å². The van der Waals surface area contributed by atoms with Gasteiger partial charge in [0.25, 0.3) is 0 Å². The third-order valence-electron chi connectivity index (χ3n) is 4.70. The van der Waals surface area contributed by atoms with Crippen molar-refractivity contribution in [3.05, 3.63) is 65.2 Å². The Labute approximate surface area is 151 Å². The number of benzene rings is 2. The van der Waals surface area contributed by atoms with E-state index in [1.165, 1.54) is 16.8 Å². The van der Waals surface area contributed by atoms with Gasteiger partial charge in [0.15, 0.2) is 0 Å². The van der Waals surface area contributed by atoms with Crippen molar-refractivity contribution in [3.8, 4) is 0 Å². The van der Waals surface area contributed by atoms with Crippen LogP contribution < -0.4 is 4.90 Å². The van der Waals surface area contributed by atoms with Crippen molar-refractivity contribution in [2.75, 3.05) is 36.8 Å². The molecule has 2 aromatic rings. The van der Waals surface area contributed by atoms with E-state index in [4.69, 9.17) is 0 Å². The molecule has 1 heterocycles. The largest absolute Gasteiger partial charge is 0.369 e. The fourth-order valence-corrected chi connectivity index (χ4v) is 4.85. The van der Waals surface area contributed by atoms with Crippen LogP contribution in [0.2, 0.25) is 0 Å². The third-order valence-corrected chi connectivity index (χ3v) is 6.57. The molecule has 134 valence electrons. The Morgan fingerprint density at radius 3 is 2.08 bits per heavy atom. The number of aryl methyl sites for hydroxylation is 3. The van der Waals surface area contributed by atoms with E-state index in [9.17, 15) is 8.42 Å². The van der Waals surface area contributed by atoms with Crippen molar-refractivity contribution in [3.63, 3.8) is 0 Å². The van der Waals surface area contributed by atoms with Crippen molar-refractivity contribution >= 4 is 15.7 Å². The first-order valence-corrected chi connectivity index (χ1v) is 10.4. The lowest BCUT2D eigenvalue weighted by Gasteiger charge is -2.35. The summed E-state index contributed by atoms with van der Waals surface area (Å²) >= 11 is 0. The maximum Gasteiger partial charge on any atom is 0.214 e. The highest BCUT2D eigenvalue weighted by atomic mass is 32.2. The minimum absolute atomic E-state index is 0.181. The van der Waals surface area contributed by atoms with Gasteiger partial charge >= 0.3 is 0 Å². The van der Waals surface area contributed by atoms with Crippen LogP contribution in [0, 0.1) is 13.8 Å². The zero-order valence-electron chi connectivity index (χ0n) is 15.0. The van der Waals surface area contributed by atoms with E-state index in [-0.39, 0.29) is 5.75 Å². The highest BCUT2D eigenvalue weighted by molar-refractivity contribution is 7.89. The van der Waals surface area contributed by atoms with Gasteiger partial charge in [-0.2, -0.15) is 4.31 Å². The second-order valence-corrected chi connectivity index (χ2v) is 8.87. The van der Waals surface area contributed by atoms with Crippen LogP contribution in [0.25, 0.3) is 0 Å². The Morgan fingerprint density at radius 1 is 0.880 bits per heavy atom. The van der Waals surface area contributed by atoms with Crippen LogP contribution in [0.4, 0.5) is 5.69 Å². The number of anilines is 1. The first-order chi connectivity index (χ1) is 11.9. The van der Waals surface area contributed by atoms with Crippen LogP contribution in [0.15, 0.2) is 48.5 Å². The lowest BCUT2D eigenvalue weighted by Crippen LogP contribution is -2.49. The summed E-state index contributed by atoms with van der Waals surface area (Å²) in [6.45, 7) is 6.80. The Kier molecular flexibility index (Phi) is 5.45. The number of sulfonamides is 1. The zero-order valence-corrected chi connectivity index (χ0v) is 15.8. The van der Waals surface area contributed by atoms with Gasteiger partial charge in [-0.05, 0) is 49.1 Å². The molecule has 0 aliphatic carbocycles. The highest BCUT2D eigenvalue weighted by Crippen LogP contribution is 2.21. The van der Waals surface area contributed by atoms with Gasteiger partial charge < -0.3 is 4.90 Å². The molecule has 0 atom stereocenters. The average molecular weight is 359 g/mol. The van der Waals surface area contributed by atoms with E-state index in [1.807, 2.05) is 30.3 Å². The molecule has 0 bridgehead atoms. The highest BCUT2D eigenvalue weighted by Gasteiger charge is 2.26. The zero-order chi connectivity index (χ0) is 17.9. The SMILES string of the molecule is Cc1cc(C)cc(N2CCN(S(=O)(=O)CCc3ccccc3)CC2)c1. The predicted molar refractivity (Wildman–Crippen MR) is 104 cm³/mol. The molecule has 3 rings (SSSR count). The van der Waals surface area contributed by atoms with Gasteiger partial charge in [0.2, 0.25) is 10.0 Å². The molecule has 5 heteroatoms. The van der Waals surface area contributed by atoms with Gasteiger partial charge in [-0.15, -0.1) is 0 Å². The Morgan fingerprint density at radius 2 is 1.48 bits per heavy atom. The molecular formula is C20H26N2O2S. The summed E-state index contributed by atoms with van der Waals surface area (Å²) in [5.74, 6) is 0.181. The van der Waals surface area contributed by atoms with E-state index in [0.29, 0.717) is 19.5 Å². The molecule has 2 aromatic carbocycles. The van der Waals surface area contributed by atoms with Crippen LogP contribution in [0.1, 0.15) is 16.7 Å². The summed E-state index contributed by atoms with van der Waals surface area (Å²) in [5.41, 5.74) is 4.75. The van der Waals surface area contributed by atoms with Crippen LogP contribution in [0.3, 0.4) is 0 Å². The molecule has 1 saturated heterocycles. The Bertz CT molecular complexity index is 791.